The fourth-order valence-electron chi connectivity index (χ4n) is 5.66. The van der Waals surface area contributed by atoms with E-state index in [1.165, 1.54) is 24.3 Å². The van der Waals surface area contributed by atoms with Crippen LogP contribution >= 0.6 is 23.5 Å². The third-order valence-corrected chi connectivity index (χ3v) is 12.5. The van der Waals surface area contributed by atoms with Crippen LogP contribution in [0.1, 0.15) is 59.6 Å². The van der Waals surface area contributed by atoms with Gasteiger partial charge >= 0.3 is 41.1 Å². The molecule has 1 saturated heterocycles. The predicted molar refractivity (Wildman–Crippen MR) is 234 cm³/mol. The third-order valence-electron chi connectivity index (χ3n) is 8.74. The van der Waals surface area contributed by atoms with Crippen molar-refractivity contribution in [1.29, 1.82) is 0 Å². The van der Waals surface area contributed by atoms with E-state index in [9.17, 15) is 67.6 Å². The number of nitrogens with one attached hydrogen (secondary N) is 3. The summed E-state index contributed by atoms with van der Waals surface area (Å²) in [5, 5.41) is 39.8. The van der Waals surface area contributed by atoms with Crippen LogP contribution in [0.5, 0.6) is 5.75 Å². The van der Waals surface area contributed by atoms with Crippen LogP contribution in [0.3, 0.4) is 0 Å². The molecule has 4 rings (SSSR count). The topological polar surface area (TPSA) is 489 Å². The van der Waals surface area contributed by atoms with Crippen molar-refractivity contribution in [3.8, 4) is 17.6 Å². The number of hydrogen-bond donors (Lipinski definition) is 11. The van der Waals surface area contributed by atoms with Gasteiger partial charge in [0, 0.05) is 41.7 Å². The van der Waals surface area contributed by atoms with Crippen molar-refractivity contribution in [2.24, 2.45) is 5.11 Å². The first-order valence-electron chi connectivity index (χ1n) is 19.8. The SMILES string of the molecule is [N-]=[N+]=NC(COc1cccc(C(=O)NCCNC(=O)c2cc(C(=O)O)cc(C(=O)O)c2)c1)OCCOCC(=O)NCC#Cc1cn([C@H]2C[C@H](O)[C@@H](COP(=O)(O)OP(=O)(O)OP(=O)(O)O)O2)c(=O)nc1N. The number of anilines is 1. The molecule has 1 aromatic heterocycles. The fourth-order valence-corrected chi connectivity index (χ4v) is 8.69. The quantitative estimate of drug-likeness (QED) is 0.0122. The molecule has 35 heteroatoms. The maximum atomic E-state index is 12.7. The van der Waals surface area contributed by atoms with Crippen LogP contribution in [0.15, 0.2) is 58.6 Å². The largest absolute Gasteiger partial charge is 0.491 e. The normalized spacial score (nSPS) is 17.5. The number of ether oxygens (including phenoxy) is 4. The van der Waals surface area contributed by atoms with Crippen molar-refractivity contribution in [3.05, 3.63) is 97.4 Å². The summed E-state index contributed by atoms with van der Waals surface area (Å²) in [6, 6.07) is 8.78. The number of rotatable bonds is 26. The molecule has 3 unspecified atom stereocenters. The molecule has 384 valence electrons. The van der Waals surface area contributed by atoms with Crippen LogP contribution in [0.2, 0.25) is 0 Å². The minimum absolute atomic E-state index is 0.0265. The first-order chi connectivity index (χ1) is 33.3. The second-order valence-electron chi connectivity index (χ2n) is 14.0. The Morgan fingerprint density at radius 1 is 0.930 bits per heavy atom. The van der Waals surface area contributed by atoms with Gasteiger partial charge in [-0.2, -0.15) is 13.6 Å². The fraction of sp³-hybridized carbons (Fsp3) is 0.361. The Hall–Kier alpha value is -6.61. The summed E-state index contributed by atoms with van der Waals surface area (Å²) in [4.78, 5) is 115. The van der Waals surface area contributed by atoms with Crippen LogP contribution in [0.4, 0.5) is 5.82 Å². The Bertz CT molecular complexity index is 2760. The molecule has 1 aliphatic heterocycles. The van der Waals surface area contributed by atoms with Crippen molar-refractivity contribution in [2.45, 2.75) is 31.1 Å². The van der Waals surface area contributed by atoms with E-state index in [0.29, 0.717) is 0 Å². The molecular weight excluding hydrogens is 1020 g/mol. The van der Waals surface area contributed by atoms with Gasteiger partial charge in [0.15, 0.2) is 6.23 Å². The van der Waals surface area contributed by atoms with Crippen LogP contribution < -0.4 is 32.1 Å². The van der Waals surface area contributed by atoms with Crippen molar-refractivity contribution >= 4 is 58.9 Å². The zero-order valence-electron chi connectivity index (χ0n) is 36.1. The first-order valence-corrected chi connectivity index (χ1v) is 24.3. The molecule has 3 amide bonds. The van der Waals surface area contributed by atoms with Gasteiger partial charge < -0.3 is 75.5 Å². The number of phosphoric ester groups is 1. The van der Waals surface area contributed by atoms with E-state index in [1.54, 1.807) is 0 Å². The van der Waals surface area contributed by atoms with Gasteiger partial charge in [-0.3, -0.25) is 23.5 Å². The Morgan fingerprint density at radius 2 is 1.58 bits per heavy atom. The number of aliphatic hydroxyl groups excluding tert-OH is 1. The Labute approximate surface area is 398 Å². The minimum atomic E-state index is -5.80. The molecule has 1 aliphatic rings. The van der Waals surface area contributed by atoms with Gasteiger partial charge in [0.25, 0.3) is 11.8 Å². The van der Waals surface area contributed by atoms with Gasteiger partial charge in [-0.05, 0) is 41.9 Å². The number of aromatic nitrogens is 2. The lowest BCUT2D eigenvalue weighted by molar-refractivity contribution is -0.126. The summed E-state index contributed by atoms with van der Waals surface area (Å²) in [5.74, 6) is 0.252. The van der Waals surface area contributed by atoms with E-state index in [0.717, 1.165) is 29.0 Å². The number of nitrogen functional groups attached to an aromatic ring is 1. The lowest BCUT2D eigenvalue weighted by Crippen LogP contribution is -2.34. The zero-order valence-corrected chi connectivity index (χ0v) is 38.8. The molecule has 3 aromatic rings. The highest BCUT2D eigenvalue weighted by Crippen LogP contribution is 2.66. The lowest BCUT2D eigenvalue weighted by atomic mass is 10.1. The molecule has 6 atom stereocenters. The van der Waals surface area contributed by atoms with E-state index in [1.807, 2.05) is 0 Å². The number of nitrogens with zero attached hydrogens (tertiary/aromatic N) is 5. The molecule has 2 heterocycles. The summed E-state index contributed by atoms with van der Waals surface area (Å²) in [6.45, 7) is -2.48. The third kappa shape index (κ3) is 19.3. The number of carbonyl (C=O) groups excluding carboxylic acids is 3. The van der Waals surface area contributed by atoms with Crippen molar-refractivity contribution in [3.63, 3.8) is 0 Å². The summed E-state index contributed by atoms with van der Waals surface area (Å²) in [7, 11) is -17.0. The van der Waals surface area contributed by atoms with E-state index in [-0.39, 0.29) is 74.1 Å². The van der Waals surface area contributed by atoms with Gasteiger partial charge in [0.05, 0.1) is 49.2 Å². The first kappa shape index (κ1) is 57.0. The van der Waals surface area contributed by atoms with Crippen LogP contribution in [0, 0.1) is 11.8 Å². The number of hydrogen-bond acceptors (Lipinski definition) is 20. The Kier molecular flexibility index (Phi) is 20.9. The Balaban J connectivity index is 1.16. The van der Waals surface area contributed by atoms with E-state index < -0.39 is 108 Å². The van der Waals surface area contributed by atoms with Crippen molar-refractivity contribution in [1.82, 2.24) is 25.5 Å². The second kappa shape index (κ2) is 26.0. The number of amides is 3. The zero-order chi connectivity index (χ0) is 52.5. The predicted octanol–water partition coefficient (Wildman–Crippen LogP) is -0.410. The molecule has 12 N–H and O–H groups in total. The van der Waals surface area contributed by atoms with Crippen molar-refractivity contribution in [2.75, 3.05) is 58.4 Å². The maximum absolute atomic E-state index is 12.7. The number of carbonyl (C=O) groups is 5. The molecule has 0 spiro atoms. The summed E-state index contributed by atoms with van der Waals surface area (Å²) >= 11 is 0. The number of carboxylic acid groups (broad SMARTS) is 2. The Morgan fingerprint density at radius 3 is 2.21 bits per heavy atom. The minimum Gasteiger partial charge on any atom is -0.491 e. The maximum Gasteiger partial charge on any atom is 0.490 e. The van der Waals surface area contributed by atoms with Gasteiger partial charge in [-0.25, -0.2) is 28.1 Å². The number of azide groups is 1. The number of phosphoric acid groups is 3. The number of carboxylic acids is 2. The van der Waals surface area contributed by atoms with E-state index >= 15 is 0 Å². The van der Waals surface area contributed by atoms with Gasteiger partial charge in [-0.1, -0.05) is 23.0 Å². The molecule has 0 aliphatic carbocycles. The molecule has 0 bridgehead atoms. The summed E-state index contributed by atoms with van der Waals surface area (Å²) in [5.41, 5.74) is 12.9. The summed E-state index contributed by atoms with van der Waals surface area (Å²) in [6.07, 6.45) is -4.58. The second-order valence-corrected chi connectivity index (χ2v) is 18.4. The van der Waals surface area contributed by atoms with Gasteiger partial charge in [-0.15, -0.1) is 0 Å². The lowest BCUT2D eigenvalue weighted by Gasteiger charge is -2.19. The molecule has 2 aromatic carbocycles. The highest BCUT2D eigenvalue weighted by molar-refractivity contribution is 7.66. The highest BCUT2D eigenvalue weighted by Gasteiger charge is 2.43. The van der Waals surface area contributed by atoms with Crippen LogP contribution in [0.25, 0.3) is 10.4 Å². The smallest absolute Gasteiger partial charge is 0.490 e. The van der Waals surface area contributed by atoms with Crippen molar-refractivity contribution < 1.29 is 105 Å². The summed E-state index contributed by atoms with van der Waals surface area (Å²) < 4.78 is 68.8. The standard InChI is InChI=1S/C36H42N9O23P3/c37-31-21(16-45(36(54)42-31)30-15-26(46)27(66-30)17-65-70(58,59)68-71(60,61)67-69(55,56)57)4-2-6-39-28(47)18-62-9-10-63-29(43-44-38)19-64-25-5-1-3-20(14-25)32(48)40-7-8-41-33(49)22-11-23(34(50)51)13-24(12-22)35(52)53/h1,3,5,11-14,16,26-27,29-30,46H,6-10,15,17-19H2,(H,39,47)(H,40,48)(H,41,49)(H,50,51)(H,52,53)(H,58,59)(H,60,61)(H2,37,42,54)(H2,55,56,57)/t26-,27+,29?,30+/m0/s1. The highest BCUT2D eigenvalue weighted by atomic mass is 31.3. The van der Waals surface area contributed by atoms with Crippen LogP contribution in [-0.2, 0) is 45.8 Å². The van der Waals surface area contributed by atoms with Crippen LogP contribution in [-0.4, -0.2) is 145 Å². The molecule has 71 heavy (non-hydrogen) atoms. The molecule has 0 saturated carbocycles. The molecule has 0 radical (unpaired) electrons. The molecule has 32 nitrogen and oxygen atoms in total. The molecule has 1 fully saturated rings. The number of aliphatic hydroxyl groups is 1. The average Bonchev–Trinajstić information content (AvgIpc) is 3.66. The molecular formula is C36H42N9O23P3. The number of aromatic carboxylic acids is 2. The monoisotopic (exact) mass is 1060 g/mol. The average molecular weight is 1060 g/mol. The van der Waals surface area contributed by atoms with E-state index in [4.69, 9.17) is 40.0 Å². The number of nitrogens with two attached hydrogens (primary N) is 1. The van der Waals surface area contributed by atoms with Gasteiger partial charge in [0.1, 0.15) is 37.1 Å². The number of benzene rings is 2. The van der Waals surface area contributed by atoms with Gasteiger partial charge in [0.2, 0.25) is 5.91 Å². The van der Waals surface area contributed by atoms with E-state index in [2.05, 4.69) is 55.9 Å².